The summed E-state index contributed by atoms with van der Waals surface area (Å²) in [6, 6.07) is 9.26. The summed E-state index contributed by atoms with van der Waals surface area (Å²) in [6.45, 7) is 0. The number of aromatic nitrogens is 2. The molecule has 134 valence electrons. The monoisotopic (exact) mass is 353 g/mol. The fraction of sp³-hybridized carbons (Fsp3) is 0.316. The van der Waals surface area contributed by atoms with Gasteiger partial charge in [-0.15, -0.1) is 0 Å². The van der Waals surface area contributed by atoms with Gasteiger partial charge in [-0.3, -0.25) is 0 Å². The van der Waals surface area contributed by atoms with Crippen molar-refractivity contribution in [3.8, 4) is 11.5 Å². The smallest absolute Gasteiger partial charge is 0.354 e. The Morgan fingerprint density at radius 3 is 2.77 bits per heavy atom. The second kappa shape index (κ2) is 7.03. The van der Waals surface area contributed by atoms with Crippen LogP contribution < -0.4 is 10.1 Å². The van der Waals surface area contributed by atoms with Gasteiger partial charge in [0, 0.05) is 24.4 Å². The number of anilines is 1. The number of aromatic carboxylic acids is 1. The highest BCUT2D eigenvalue weighted by molar-refractivity contribution is 5.85. The van der Waals surface area contributed by atoms with Crippen LogP contribution in [-0.2, 0) is 0 Å². The van der Waals surface area contributed by atoms with Crippen LogP contribution in [0.15, 0.2) is 40.9 Å². The van der Waals surface area contributed by atoms with Gasteiger partial charge in [0.25, 0.3) is 6.01 Å². The molecule has 1 fully saturated rings. The third-order valence-electron chi connectivity index (χ3n) is 4.48. The zero-order chi connectivity index (χ0) is 17.9. The number of hydrogen-bond acceptors (Lipinski definition) is 6. The van der Waals surface area contributed by atoms with Crippen molar-refractivity contribution in [2.75, 3.05) is 5.32 Å². The molecule has 1 aliphatic carbocycles. The van der Waals surface area contributed by atoms with Gasteiger partial charge in [-0.1, -0.05) is 19.3 Å². The maximum absolute atomic E-state index is 11.0. The topological polar surface area (TPSA) is 97.5 Å². The van der Waals surface area contributed by atoms with Crippen molar-refractivity contribution in [1.82, 2.24) is 9.97 Å². The van der Waals surface area contributed by atoms with Gasteiger partial charge >= 0.3 is 5.97 Å². The number of ether oxygens (including phenoxy) is 1. The molecule has 2 N–H and O–H groups in total. The second-order valence-electron chi connectivity index (χ2n) is 6.41. The van der Waals surface area contributed by atoms with E-state index in [9.17, 15) is 4.79 Å². The summed E-state index contributed by atoms with van der Waals surface area (Å²) in [4.78, 5) is 19.2. The van der Waals surface area contributed by atoms with Crippen LogP contribution in [0.4, 0.5) is 6.01 Å². The van der Waals surface area contributed by atoms with E-state index >= 15 is 0 Å². The lowest BCUT2D eigenvalue weighted by Crippen LogP contribution is -2.22. The lowest BCUT2D eigenvalue weighted by molar-refractivity contribution is 0.0690. The number of fused-ring (bicyclic) bond motifs is 1. The minimum atomic E-state index is -1.10. The number of carboxylic acid groups (broad SMARTS) is 1. The molecule has 1 saturated carbocycles. The average molecular weight is 353 g/mol. The number of rotatable bonds is 5. The molecule has 7 nitrogen and oxygen atoms in total. The molecule has 0 unspecified atom stereocenters. The van der Waals surface area contributed by atoms with Gasteiger partial charge in [0.2, 0.25) is 0 Å². The maximum Gasteiger partial charge on any atom is 0.354 e. The molecule has 0 bridgehead atoms. The van der Waals surface area contributed by atoms with Gasteiger partial charge in [0.05, 0.1) is 0 Å². The van der Waals surface area contributed by atoms with E-state index in [1.165, 1.54) is 31.5 Å². The normalized spacial score (nSPS) is 15.1. The Morgan fingerprint density at radius 2 is 1.96 bits per heavy atom. The number of carbonyl (C=O) groups is 1. The van der Waals surface area contributed by atoms with E-state index in [1.807, 2.05) is 6.07 Å². The molecule has 7 heteroatoms. The minimum absolute atomic E-state index is 0.0674. The van der Waals surface area contributed by atoms with E-state index < -0.39 is 5.97 Å². The standard InChI is InChI=1S/C19H19N3O4/c23-18(24)16-10-14(8-9-20-16)25-13-6-7-15-17(11-13)26-19(22-15)21-12-4-2-1-3-5-12/h6-12H,1-5H2,(H,21,22)(H,23,24). The molecular formula is C19H19N3O4. The summed E-state index contributed by atoms with van der Waals surface area (Å²) >= 11 is 0. The van der Waals surface area contributed by atoms with Gasteiger partial charge in [-0.05, 0) is 31.0 Å². The first-order valence-corrected chi connectivity index (χ1v) is 8.72. The summed E-state index contributed by atoms with van der Waals surface area (Å²) in [5.74, 6) is -0.156. The summed E-state index contributed by atoms with van der Waals surface area (Å²) in [6.07, 6.45) is 7.45. The van der Waals surface area contributed by atoms with E-state index in [4.69, 9.17) is 14.3 Å². The van der Waals surface area contributed by atoms with Gasteiger partial charge in [-0.25, -0.2) is 9.78 Å². The van der Waals surface area contributed by atoms with Crippen molar-refractivity contribution in [3.63, 3.8) is 0 Å². The molecule has 1 aliphatic rings. The molecule has 0 saturated heterocycles. The molecule has 3 aromatic rings. The van der Waals surface area contributed by atoms with Gasteiger partial charge < -0.3 is 19.6 Å². The first kappa shape index (κ1) is 16.4. The number of hydrogen-bond donors (Lipinski definition) is 2. The summed E-state index contributed by atoms with van der Waals surface area (Å²) in [5, 5.41) is 12.4. The Morgan fingerprint density at radius 1 is 1.15 bits per heavy atom. The largest absolute Gasteiger partial charge is 0.477 e. The third kappa shape index (κ3) is 3.61. The fourth-order valence-corrected chi connectivity index (χ4v) is 3.18. The van der Waals surface area contributed by atoms with Crippen LogP contribution in [-0.4, -0.2) is 27.1 Å². The van der Waals surface area contributed by atoms with Crippen LogP contribution in [0, 0.1) is 0 Å². The number of benzene rings is 1. The molecule has 0 atom stereocenters. The summed E-state index contributed by atoms with van der Waals surface area (Å²) in [5.41, 5.74) is 1.30. The van der Waals surface area contributed by atoms with Crippen molar-refractivity contribution in [2.45, 2.75) is 38.1 Å². The van der Waals surface area contributed by atoms with Crippen molar-refractivity contribution in [1.29, 1.82) is 0 Å². The Bertz CT molecular complexity index is 931. The molecular weight excluding hydrogens is 334 g/mol. The quantitative estimate of drug-likeness (QED) is 0.699. The van der Waals surface area contributed by atoms with Crippen LogP contribution in [0.25, 0.3) is 11.1 Å². The molecule has 0 aliphatic heterocycles. The molecule has 0 spiro atoms. The van der Waals surface area contributed by atoms with Crippen molar-refractivity contribution in [3.05, 3.63) is 42.2 Å². The number of nitrogens with zero attached hydrogens (tertiary/aromatic N) is 2. The summed E-state index contributed by atoms with van der Waals surface area (Å²) < 4.78 is 11.5. The first-order chi connectivity index (χ1) is 12.7. The zero-order valence-corrected chi connectivity index (χ0v) is 14.1. The minimum Gasteiger partial charge on any atom is -0.477 e. The SMILES string of the molecule is O=C(O)c1cc(Oc2ccc3nc(NC4CCCCC4)oc3c2)ccn1. The number of pyridine rings is 1. The van der Waals surface area contributed by atoms with Gasteiger partial charge in [-0.2, -0.15) is 4.98 Å². The Balaban J connectivity index is 1.52. The van der Waals surface area contributed by atoms with Crippen molar-refractivity contribution < 1.29 is 19.1 Å². The average Bonchev–Trinajstić information content (AvgIpc) is 3.04. The number of oxazole rings is 1. The third-order valence-corrected chi connectivity index (χ3v) is 4.48. The van der Waals surface area contributed by atoms with E-state index in [2.05, 4.69) is 15.3 Å². The van der Waals surface area contributed by atoms with E-state index in [-0.39, 0.29) is 5.69 Å². The van der Waals surface area contributed by atoms with Crippen molar-refractivity contribution >= 4 is 23.1 Å². The second-order valence-corrected chi connectivity index (χ2v) is 6.41. The number of carboxylic acids is 1. The lowest BCUT2D eigenvalue weighted by atomic mass is 9.96. The molecule has 0 radical (unpaired) electrons. The van der Waals surface area contributed by atoms with Crippen LogP contribution >= 0.6 is 0 Å². The Kier molecular flexibility index (Phi) is 4.43. The van der Waals surface area contributed by atoms with E-state index in [1.54, 1.807) is 18.2 Å². The van der Waals surface area contributed by atoms with Crippen LogP contribution in [0.1, 0.15) is 42.6 Å². The predicted molar refractivity (Wildman–Crippen MR) is 95.8 cm³/mol. The molecule has 0 amide bonds. The first-order valence-electron chi connectivity index (χ1n) is 8.72. The molecule has 1 aromatic carbocycles. The maximum atomic E-state index is 11.0. The highest BCUT2D eigenvalue weighted by Crippen LogP contribution is 2.29. The molecule has 26 heavy (non-hydrogen) atoms. The van der Waals surface area contributed by atoms with Crippen LogP contribution in [0.3, 0.4) is 0 Å². The van der Waals surface area contributed by atoms with E-state index in [0.29, 0.717) is 29.1 Å². The fourth-order valence-electron chi connectivity index (χ4n) is 3.18. The highest BCUT2D eigenvalue weighted by atomic mass is 16.5. The predicted octanol–water partition coefficient (Wildman–Crippen LogP) is 4.46. The van der Waals surface area contributed by atoms with E-state index in [0.717, 1.165) is 18.4 Å². The number of nitrogens with one attached hydrogen (secondary N) is 1. The lowest BCUT2D eigenvalue weighted by Gasteiger charge is -2.21. The van der Waals surface area contributed by atoms with Gasteiger partial charge in [0.15, 0.2) is 11.3 Å². The zero-order valence-electron chi connectivity index (χ0n) is 14.1. The Hall–Kier alpha value is -3.09. The molecule has 4 rings (SSSR count). The summed E-state index contributed by atoms with van der Waals surface area (Å²) in [7, 11) is 0. The van der Waals surface area contributed by atoms with Crippen molar-refractivity contribution in [2.24, 2.45) is 0 Å². The Labute approximate surface area is 150 Å². The molecule has 2 heterocycles. The van der Waals surface area contributed by atoms with Gasteiger partial charge in [0.1, 0.15) is 17.0 Å². The van der Waals surface area contributed by atoms with Crippen LogP contribution in [0.2, 0.25) is 0 Å². The highest BCUT2D eigenvalue weighted by Gasteiger charge is 2.16. The molecule has 2 aromatic heterocycles. The van der Waals surface area contributed by atoms with Crippen LogP contribution in [0.5, 0.6) is 11.5 Å².